The largest absolute Gasteiger partial charge is 0.371 e. The molecule has 1 aromatic rings. The Morgan fingerprint density at radius 1 is 1.13 bits per heavy atom. The van der Waals surface area contributed by atoms with Gasteiger partial charge in [0.1, 0.15) is 0 Å². The van der Waals surface area contributed by atoms with E-state index in [9.17, 15) is 13.2 Å². The first kappa shape index (κ1) is 16.5. The summed E-state index contributed by atoms with van der Waals surface area (Å²) in [5, 5.41) is 0. The number of aryl methyl sites for hydroxylation is 1. The van der Waals surface area contributed by atoms with Gasteiger partial charge in [0.05, 0.1) is 6.26 Å². The molecule has 2 fully saturated rings. The normalized spacial score (nSPS) is 21.7. The van der Waals surface area contributed by atoms with Crippen molar-refractivity contribution in [3.05, 3.63) is 29.3 Å². The highest BCUT2D eigenvalue weighted by atomic mass is 32.2. The van der Waals surface area contributed by atoms with Crippen LogP contribution in [0, 0.1) is 12.3 Å². The highest BCUT2D eigenvalue weighted by molar-refractivity contribution is 7.88. The van der Waals surface area contributed by atoms with Crippen LogP contribution in [0.5, 0.6) is 0 Å². The van der Waals surface area contributed by atoms with Crippen LogP contribution < -0.4 is 4.90 Å². The second-order valence-electron chi connectivity index (χ2n) is 7.01. The van der Waals surface area contributed by atoms with Crippen LogP contribution in [0.15, 0.2) is 18.2 Å². The van der Waals surface area contributed by atoms with Gasteiger partial charge in [-0.05, 0) is 49.3 Å². The van der Waals surface area contributed by atoms with Gasteiger partial charge in [-0.15, -0.1) is 0 Å². The average Bonchev–Trinajstić information content (AvgIpc) is 2.92. The predicted molar refractivity (Wildman–Crippen MR) is 91.5 cm³/mol. The van der Waals surface area contributed by atoms with Crippen LogP contribution >= 0.6 is 0 Å². The number of sulfonamides is 1. The van der Waals surface area contributed by atoms with E-state index in [4.69, 9.17) is 0 Å². The van der Waals surface area contributed by atoms with E-state index in [1.165, 1.54) is 6.26 Å². The summed E-state index contributed by atoms with van der Waals surface area (Å²) >= 11 is 0. The first-order chi connectivity index (χ1) is 10.8. The smallest absolute Gasteiger partial charge is 0.211 e. The van der Waals surface area contributed by atoms with Crippen LogP contribution in [0.1, 0.15) is 35.2 Å². The molecule has 0 radical (unpaired) electrons. The lowest BCUT2D eigenvalue weighted by Crippen LogP contribution is -2.42. The highest BCUT2D eigenvalue weighted by Gasteiger charge is 2.43. The molecule has 0 amide bonds. The molecule has 5 nitrogen and oxygen atoms in total. The molecule has 1 spiro atoms. The summed E-state index contributed by atoms with van der Waals surface area (Å²) in [6, 6.07) is 5.90. The lowest BCUT2D eigenvalue weighted by atomic mass is 9.77. The van der Waals surface area contributed by atoms with Crippen molar-refractivity contribution in [2.75, 3.05) is 37.3 Å². The third-order valence-electron chi connectivity index (χ3n) is 5.35. The van der Waals surface area contributed by atoms with Gasteiger partial charge in [-0.3, -0.25) is 4.79 Å². The molecule has 0 atom stereocenters. The fraction of sp³-hybridized carbons (Fsp3) is 0.588. The summed E-state index contributed by atoms with van der Waals surface area (Å²) in [6.45, 7) is 5.07. The van der Waals surface area contributed by atoms with Crippen molar-refractivity contribution < 1.29 is 13.2 Å². The Bertz CT molecular complexity index is 707. The van der Waals surface area contributed by atoms with Crippen LogP contribution in [0.25, 0.3) is 0 Å². The maximum Gasteiger partial charge on any atom is 0.211 e. The number of anilines is 1. The summed E-state index contributed by atoms with van der Waals surface area (Å²) < 4.78 is 25.1. The van der Waals surface area contributed by atoms with E-state index in [1.807, 2.05) is 19.1 Å². The minimum Gasteiger partial charge on any atom is -0.371 e. The summed E-state index contributed by atoms with van der Waals surface area (Å²) in [4.78, 5) is 13.6. The third-order valence-corrected chi connectivity index (χ3v) is 6.60. The van der Waals surface area contributed by atoms with Crippen LogP contribution in [-0.2, 0) is 10.0 Å². The fourth-order valence-corrected chi connectivity index (χ4v) is 4.77. The molecule has 1 aromatic carbocycles. The second-order valence-corrected chi connectivity index (χ2v) is 9.00. The van der Waals surface area contributed by atoms with Crippen molar-refractivity contribution in [1.29, 1.82) is 0 Å². The number of hydrogen-bond acceptors (Lipinski definition) is 4. The Labute approximate surface area is 138 Å². The molecule has 0 saturated carbocycles. The minimum absolute atomic E-state index is 0.116. The molecule has 0 N–H and O–H groups in total. The second kappa shape index (κ2) is 5.91. The lowest BCUT2D eigenvalue weighted by Gasteiger charge is -2.40. The van der Waals surface area contributed by atoms with E-state index in [-0.39, 0.29) is 5.41 Å². The van der Waals surface area contributed by atoms with Gasteiger partial charge in [0.15, 0.2) is 6.29 Å². The Balaban J connectivity index is 1.72. The quantitative estimate of drug-likeness (QED) is 0.793. The highest BCUT2D eigenvalue weighted by Crippen LogP contribution is 2.42. The zero-order valence-electron chi connectivity index (χ0n) is 13.8. The van der Waals surface area contributed by atoms with Gasteiger partial charge in [-0.25, -0.2) is 12.7 Å². The third kappa shape index (κ3) is 3.28. The zero-order valence-corrected chi connectivity index (χ0v) is 14.6. The Morgan fingerprint density at radius 2 is 1.78 bits per heavy atom. The lowest BCUT2D eigenvalue weighted by molar-refractivity contribution is 0.112. The number of benzene rings is 1. The first-order valence-electron chi connectivity index (χ1n) is 8.09. The number of piperidine rings is 1. The number of hydrogen-bond donors (Lipinski definition) is 0. The fourth-order valence-electron chi connectivity index (χ4n) is 3.83. The van der Waals surface area contributed by atoms with E-state index in [0.717, 1.165) is 55.5 Å². The predicted octanol–water partition coefficient (Wildman–Crippen LogP) is 2.06. The molecule has 2 aliphatic heterocycles. The van der Waals surface area contributed by atoms with Gasteiger partial charge in [0.25, 0.3) is 0 Å². The van der Waals surface area contributed by atoms with E-state index in [1.54, 1.807) is 4.31 Å². The number of rotatable bonds is 3. The molecular formula is C17H24N2O3S. The van der Waals surface area contributed by atoms with Crippen molar-refractivity contribution in [2.24, 2.45) is 5.41 Å². The monoisotopic (exact) mass is 336 g/mol. The number of carbonyl (C=O) groups is 1. The number of aldehydes is 1. The summed E-state index contributed by atoms with van der Waals surface area (Å²) in [5.41, 5.74) is 3.00. The first-order valence-corrected chi connectivity index (χ1v) is 9.94. The standard InChI is InChI=1S/C17H24N2O3S/c1-14-3-4-15(12-20)16(11-14)18-8-5-17(6-9-18)7-10-19(13-17)23(2,21)22/h3-4,11-12H,5-10,13H2,1-2H3. The van der Waals surface area contributed by atoms with E-state index in [0.29, 0.717) is 13.1 Å². The molecule has 2 aliphatic rings. The number of nitrogens with zero attached hydrogens (tertiary/aromatic N) is 2. The molecule has 3 rings (SSSR count). The van der Waals surface area contributed by atoms with Gasteiger partial charge in [-0.2, -0.15) is 0 Å². The van der Waals surface area contributed by atoms with Gasteiger partial charge in [0, 0.05) is 37.4 Å². The SMILES string of the molecule is Cc1ccc(C=O)c(N2CCC3(CC2)CCN(S(C)(=O)=O)C3)c1. The molecular weight excluding hydrogens is 312 g/mol. The minimum atomic E-state index is -3.09. The molecule has 0 bridgehead atoms. The molecule has 2 heterocycles. The number of carbonyl (C=O) groups excluding carboxylic acids is 1. The molecule has 23 heavy (non-hydrogen) atoms. The Hall–Kier alpha value is -1.40. The van der Waals surface area contributed by atoms with Gasteiger partial charge < -0.3 is 4.90 Å². The average molecular weight is 336 g/mol. The molecule has 0 aliphatic carbocycles. The molecule has 6 heteroatoms. The molecule has 2 saturated heterocycles. The topological polar surface area (TPSA) is 57.7 Å². The zero-order chi connectivity index (χ0) is 16.7. The maximum atomic E-state index is 11.7. The van der Waals surface area contributed by atoms with Crippen molar-refractivity contribution in [1.82, 2.24) is 4.31 Å². The van der Waals surface area contributed by atoms with Gasteiger partial charge >= 0.3 is 0 Å². The van der Waals surface area contributed by atoms with Crippen molar-refractivity contribution in [3.8, 4) is 0 Å². The van der Waals surface area contributed by atoms with Crippen LogP contribution in [0.2, 0.25) is 0 Å². The van der Waals surface area contributed by atoms with Crippen molar-refractivity contribution >= 4 is 22.0 Å². The summed E-state index contributed by atoms with van der Waals surface area (Å²) in [6.07, 6.45) is 5.11. The Morgan fingerprint density at radius 3 is 2.35 bits per heavy atom. The van der Waals surface area contributed by atoms with Crippen molar-refractivity contribution in [3.63, 3.8) is 0 Å². The van der Waals surface area contributed by atoms with Crippen LogP contribution in [0.4, 0.5) is 5.69 Å². The molecule has 126 valence electrons. The van der Waals surface area contributed by atoms with Gasteiger partial charge in [-0.1, -0.05) is 6.07 Å². The summed E-state index contributed by atoms with van der Waals surface area (Å²) in [7, 11) is -3.09. The van der Waals surface area contributed by atoms with E-state index >= 15 is 0 Å². The molecule has 0 aromatic heterocycles. The summed E-state index contributed by atoms with van der Waals surface area (Å²) in [5.74, 6) is 0. The van der Waals surface area contributed by atoms with Crippen LogP contribution in [-0.4, -0.2) is 51.4 Å². The molecule has 0 unspecified atom stereocenters. The van der Waals surface area contributed by atoms with Crippen LogP contribution in [0.3, 0.4) is 0 Å². The van der Waals surface area contributed by atoms with Gasteiger partial charge in [0.2, 0.25) is 10.0 Å². The Kier molecular flexibility index (Phi) is 4.23. The van der Waals surface area contributed by atoms with Crippen molar-refractivity contribution in [2.45, 2.75) is 26.2 Å². The van der Waals surface area contributed by atoms with E-state index in [2.05, 4.69) is 11.0 Å². The maximum absolute atomic E-state index is 11.7. The van der Waals surface area contributed by atoms with E-state index < -0.39 is 10.0 Å².